The Kier molecular flexibility index (Phi) is 5.82. The molecule has 2 unspecified atom stereocenters. The molecule has 1 aliphatic heterocycles. The molecule has 1 aromatic heterocycles. The van der Waals surface area contributed by atoms with Gasteiger partial charge < -0.3 is 26.2 Å². The van der Waals surface area contributed by atoms with Crippen molar-refractivity contribution < 1.29 is 9.18 Å². The number of hydrogen-bond acceptors (Lipinski definition) is 7. The summed E-state index contributed by atoms with van der Waals surface area (Å²) in [5, 5.41) is 6.38. The van der Waals surface area contributed by atoms with Gasteiger partial charge in [0.05, 0.1) is 12.1 Å². The molecule has 0 spiro atoms. The topological polar surface area (TPSA) is 99.4 Å². The molecular weight excluding hydrogens is 421 g/mol. The number of amides is 1. The molecule has 176 valence electrons. The molecule has 0 radical (unpaired) electrons. The normalized spacial score (nSPS) is 27.1. The lowest BCUT2D eigenvalue weighted by molar-refractivity contribution is -0.123. The largest absolute Gasteiger partial charge is 0.369 e. The van der Waals surface area contributed by atoms with Crippen molar-refractivity contribution in [3.8, 4) is 0 Å². The third-order valence-corrected chi connectivity index (χ3v) is 7.59. The van der Waals surface area contributed by atoms with E-state index in [9.17, 15) is 9.18 Å². The van der Waals surface area contributed by atoms with Crippen molar-refractivity contribution in [2.45, 2.75) is 32.2 Å². The van der Waals surface area contributed by atoms with E-state index in [4.69, 9.17) is 5.73 Å². The molecule has 2 bridgehead atoms. The Balaban J connectivity index is 1.30. The minimum Gasteiger partial charge on any atom is -0.369 e. The van der Waals surface area contributed by atoms with Crippen LogP contribution in [-0.2, 0) is 4.79 Å². The van der Waals surface area contributed by atoms with E-state index in [2.05, 4.69) is 56.5 Å². The Morgan fingerprint density at radius 1 is 1.18 bits per heavy atom. The van der Waals surface area contributed by atoms with Crippen molar-refractivity contribution in [3.05, 3.63) is 35.8 Å². The van der Waals surface area contributed by atoms with Crippen molar-refractivity contribution >= 4 is 29.0 Å². The van der Waals surface area contributed by atoms with Gasteiger partial charge in [-0.25, -0.2) is 9.37 Å². The number of nitrogens with two attached hydrogens (primary N) is 1. The van der Waals surface area contributed by atoms with Crippen LogP contribution in [0, 0.1) is 30.5 Å². The zero-order valence-corrected chi connectivity index (χ0v) is 19.2. The van der Waals surface area contributed by atoms with E-state index >= 15 is 0 Å². The summed E-state index contributed by atoms with van der Waals surface area (Å²) in [6, 6.07) is 5.99. The number of aryl methyl sites for hydroxylation is 1. The highest BCUT2D eigenvalue weighted by Gasteiger charge is 2.50. The Morgan fingerprint density at radius 2 is 1.94 bits per heavy atom. The average Bonchev–Trinajstić information content (AvgIpc) is 3.39. The second-order valence-electron chi connectivity index (χ2n) is 9.74. The summed E-state index contributed by atoms with van der Waals surface area (Å²) in [5.74, 6) is -0.0975. The summed E-state index contributed by atoms with van der Waals surface area (Å²) >= 11 is 0. The van der Waals surface area contributed by atoms with Crippen molar-refractivity contribution in [3.63, 3.8) is 0 Å². The molecule has 1 aromatic carbocycles. The molecule has 4 atom stereocenters. The van der Waals surface area contributed by atoms with Crippen LogP contribution in [0.25, 0.3) is 0 Å². The molecule has 9 heteroatoms. The van der Waals surface area contributed by atoms with Crippen LogP contribution in [0.15, 0.2) is 24.4 Å². The first-order valence-electron chi connectivity index (χ1n) is 11.8. The monoisotopic (exact) mass is 453 g/mol. The van der Waals surface area contributed by atoms with Crippen LogP contribution in [-0.4, -0.2) is 60.0 Å². The lowest BCUT2D eigenvalue weighted by Gasteiger charge is -2.35. The summed E-state index contributed by atoms with van der Waals surface area (Å²) in [7, 11) is 2.15. The van der Waals surface area contributed by atoms with Gasteiger partial charge >= 0.3 is 0 Å². The Labute approximate surface area is 193 Å². The molecule has 2 aliphatic carbocycles. The molecule has 3 fully saturated rings. The fraction of sp³-hybridized carbons (Fsp3) is 0.542. The predicted molar refractivity (Wildman–Crippen MR) is 127 cm³/mol. The second kappa shape index (κ2) is 8.78. The quantitative estimate of drug-likeness (QED) is 0.618. The number of halogens is 1. The van der Waals surface area contributed by atoms with Gasteiger partial charge in [0.1, 0.15) is 0 Å². The smallest absolute Gasteiger partial charge is 0.229 e. The van der Waals surface area contributed by atoms with E-state index in [0.717, 1.165) is 62.9 Å². The number of carbonyl (C=O) groups excluding carboxylic acids is 1. The SMILES string of the molecule is Cc1cc(Nc2ncc(F)c(NC3C(C(N)=O)[C@@H]4CC[C@H]3C4)n2)ccc1N1CCN(C)CC1. The highest BCUT2D eigenvalue weighted by Crippen LogP contribution is 2.49. The number of primary amides is 1. The van der Waals surface area contributed by atoms with Gasteiger partial charge in [0.15, 0.2) is 11.6 Å². The summed E-state index contributed by atoms with van der Waals surface area (Å²) in [6.07, 6.45) is 4.17. The number of rotatable bonds is 6. The fourth-order valence-electron chi connectivity index (χ4n) is 5.86. The highest BCUT2D eigenvalue weighted by molar-refractivity contribution is 5.79. The molecule has 4 N–H and O–H groups in total. The van der Waals surface area contributed by atoms with Crippen LogP contribution in [0.5, 0.6) is 0 Å². The molecular formula is C24H32FN7O. The maximum atomic E-state index is 14.5. The predicted octanol–water partition coefficient (Wildman–Crippen LogP) is 2.73. The zero-order valence-electron chi connectivity index (χ0n) is 19.2. The van der Waals surface area contributed by atoms with Gasteiger partial charge in [-0.05, 0) is 68.8 Å². The van der Waals surface area contributed by atoms with Gasteiger partial charge in [-0.1, -0.05) is 0 Å². The first kappa shape index (κ1) is 21.9. The minimum absolute atomic E-state index is 0.113. The molecule has 1 saturated heterocycles. The number of nitrogens with zero attached hydrogens (tertiary/aromatic N) is 4. The van der Waals surface area contributed by atoms with Crippen molar-refractivity contribution in [1.82, 2.24) is 14.9 Å². The first-order valence-corrected chi connectivity index (χ1v) is 11.8. The van der Waals surface area contributed by atoms with Crippen LogP contribution in [0.1, 0.15) is 24.8 Å². The number of likely N-dealkylation sites (N-methyl/N-ethyl adjacent to an activating group) is 1. The number of piperazine rings is 1. The first-order chi connectivity index (χ1) is 15.9. The Morgan fingerprint density at radius 3 is 2.67 bits per heavy atom. The number of fused-ring (bicyclic) bond motifs is 2. The van der Waals surface area contributed by atoms with Gasteiger partial charge in [0, 0.05) is 43.6 Å². The van der Waals surface area contributed by atoms with Crippen LogP contribution in [0.2, 0.25) is 0 Å². The summed E-state index contributed by atoms with van der Waals surface area (Å²) in [5.41, 5.74) is 8.90. The molecule has 2 aromatic rings. The fourth-order valence-corrected chi connectivity index (χ4v) is 5.86. The van der Waals surface area contributed by atoms with Gasteiger partial charge in [0.25, 0.3) is 0 Å². The lowest BCUT2D eigenvalue weighted by atomic mass is 9.84. The number of carbonyl (C=O) groups is 1. The van der Waals surface area contributed by atoms with E-state index in [1.807, 2.05) is 6.07 Å². The maximum Gasteiger partial charge on any atom is 0.229 e. The Bertz CT molecular complexity index is 1040. The van der Waals surface area contributed by atoms with E-state index in [0.29, 0.717) is 11.9 Å². The molecule has 5 rings (SSSR count). The van der Waals surface area contributed by atoms with E-state index in [1.54, 1.807) is 0 Å². The summed E-state index contributed by atoms with van der Waals surface area (Å²) in [6.45, 7) is 6.22. The molecule has 1 amide bonds. The number of benzene rings is 1. The van der Waals surface area contributed by atoms with Crippen LogP contribution >= 0.6 is 0 Å². The molecule has 8 nitrogen and oxygen atoms in total. The third-order valence-electron chi connectivity index (χ3n) is 7.59. The van der Waals surface area contributed by atoms with Crippen molar-refractivity contribution in [1.29, 1.82) is 0 Å². The van der Waals surface area contributed by atoms with Crippen molar-refractivity contribution in [2.24, 2.45) is 23.5 Å². The summed E-state index contributed by atoms with van der Waals surface area (Å²) < 4.78 is 14.5. The van der Waals surface area contributed by atoms with Gasteiger partial charge in [-0.2, -0.15) is 4.98 Å². The standard InChI is InChI=1S/C24H32FN7O/c1-14-11-17(5-6-19(14)32-9-7-31(2)8-10-32)28-24-27-13-18(25)23(30-24)29-21-16-4-3-15(12-16)20(21)22(26)33/h5-6,11,13,15-16,20-21H,3-4,7-10,12H2,1-2H3,(H2,26,33)(H2,27,28,29,30)/t15-,16+,20?,21?/m1/s1. The highest BCUT2D eigenvalue weighted by atomic mass is 19.1. The maximum absolute atomic E-state index is 14.5. The number of hydrogen-bond donors (Lipinski definition) is 3. The number of nitrogens with one attached hydrogen (secondary N) is 2. The third kappa shape index (κ3) is 4.34. The summed E-state index contributed by atoms with van der Waals surface area (Å²) in [4.78, 5) is 25.2. The lowest BCUT2D eigenvalue weighted by Crippen LogP contribution is -2.44. The van der Waals surface area contributed by atoms with Crippen LogP contribution in [0.3, 0.4) is 0 Å². The van der Waals surface area contributed by atoms with Gasteiger partial charge in [-0.15, -0.1) is 0 Å². The zero-order chi connectivity index (χ0) is 23.1. The van der Waals surface area contributed by atoms with Gasteiger partial charge in [-0.3, -0.25) is 4.79 Å². The van der Waals surface area contributed by atoms with E-state index in [1.165, 1.54) is 5.69 Å². The minimum atomic E-state index is -0.534. The number of aromatic nitrogens is 2. The van der Waals surface area contributed by atoms with Crippen molar-refractivity contribution in [2.75, 3.05) is 48.8 Å². The molecule has 3 aliphatic rings. The molecule has 2 heterocycles. The van der Waals surface area contributed by atoms with Crippen LogP contribution in [0.4, 0.5) is 27.5 Å². The molecule has 33 heavy (non-hydrogen) atoms. The Hall–Kier alpha value is -2.94. The van der Waals surface area contributed by atoms with E-state index in [-0.39, 0.29) is 29.6 Å². The van der Waals surface area contributed by atoms with Gasteiger partial charge in [0.2, 0.25) is 11.9 Å². The number of anilines is 4. The van der Waals surface area contributed by atoms with Crippen LogP contribution < -0.4 is 21.3 Å². The second-order valence-corrected chi connectivity index (χ2v) is 9.74. The average molecular weight is 454 g/mol. The molecule has 2 saturated carbocycles. The van der Waals surface area contributed by atoms with E-state index < -0.39 is 5.82 Å².